The summed E-state index contributed by atoms with van der Waals surface area (Å²) in [6, 6.07) is 16.8. The summed E-state index contributed by atoms with van der Waals surface area (Å²) in [4.78, 5) is 4.51. The molecule has 5 nitrogen and oxygen atoms in total. The third-order valence-electron chi connectivity index (χ3n) is 4.97. The Balaban J connectivity index is 1.29. The van der Waals surface area contributed by atoms with Crippen LogP contribution in [0.3, 0.4) is 0 Å². The molecule has 0 saturated carbocycles. The Kier molecular flexibility index (Phi) is 4.44. The maximum atomic E-state index is 13.1. The zero-order chi connectivity index (χ0) is 19.8. The van der Waals surface area contributed by atoms with Crippen LogP contribution in [-0.2, 0) is 7.05 Å². The first-order chi connectivity index (χ1) is 14.2. The molecule has 0 bridgehead atoms. The zero-order valence-electron chi connectivity index (χ0n) is 15.6. The van der Waals surface area contributed by atoms with Crippen LogP contribution < -0.4 is 10.7 Å². The molecule has 0 aliphatic carbocycles. The predicted octanol–water partition coefficient (Wildman–Crippen LogP) is 4.41. The Morgan fingerprint density at radius 3 is 2.83 bits per heavy atom. The summed E-state index contributed by atoms with van der Waals surface area (Å²) in [6.07, 6.45) is 3.60. The highest BCUT2D eigenvalue weighted by molar-refractivity contribution is 8.03. The summed E-state index contributed by atoms with van der Waals surface area (Å²) in [5, 5.41) is 12.0. The van der Waals surface area contributed by atoms with Gasteiger partial charge in [0.05, 0.1) is 29.3 Å². The van der Waals surface area contributed by atoms with Crippen LogP contribution in [-0.4, -0.2) is 21.3 Å². The highest BCUT2D eigenvalue weighted by Crippen LogP contribution is 2.28. The fraction of sp³-hybridized carbons (Fsp3) is 0.0909. The Hall–Kier alpha value is -3.32. The number of aromatic nitrogens is 2. The molecule has 0 fully saturated rings. The molecule has 4 aromatic rings. The summed E-state index contributed by atoms with van der Waals surface area (Å²) in [7, 11) is 2.05. The second kappa shape index (κ2) is 7.25. The molecule has 29 heavy (non-hydrogen) atoms. The molecule has 0 saturated heterocycles. The molecule has 2 N–H and O–H groups in total. The van der Waals surface area contributed by atoms with E-state index in [2.05, 4.69) is 50.6 Å². The van der Waals surface area contributed by atoms with Crippen LogP contribution >= 0.6 is 11.8 Å². The first kappa shape index (κ1) is 17.8. The van der Waals surface area contributed by atoms with Crippen molar-refractivity contribution in [3.05, 3.63) is 83.3 Å². The number of benzene rings is 2. The Morgan fingerprint density at radius 1 is 1.14 bits per heavy atom. The number of nitrogens with one attached hydrogen (secondary N) is 2. The van der Waals surface area contributed by atoms with Gasteiger partial charge in [-0.25, -0.2) is 4.39 Å². The first-order valence-corrected chi connectivity index (χ1v) is 10.1. The average Bonchev–Trinajstić information content (AvgIpc) is 3.33. The lowest BCUT2D eigenvalue weighted by molar-refractivity contribution is 0.627. The van der Waals surface area contributed by atoms with Gasteiger partial charge in [0.25, 0.3) is 0 Å². The molecule has 5 rings (SSSR count). The Bertz CT molecular complexity index is 1260. The number of rotatable bonds is 4. The molecule has 1 aliphatic heterocycles. The summed E-state index contributed by atoms with van der Waals surface area (Å²) in [6.45, 7) is 0. The van der Waals surface area contributed by atoms with Crippen molar-refractivity contribution in [2.45, 2.75) is 5.50 Å². The number of hydrogen-bond donors (Lipinski definition) is 2. The second-order valence-electron chi connectivity index (χ2n) is 6.79. The molecule has 3 heterocycles. The van der Waals surface area contributed by atoms with Crippen molar-refractivity contribution in [2.75, 3.05) is 0 Å². The van der Waals surface area contributed by atoms with Gasteiger partial charge in [-0.2, -0.15) is 5.10 Å². The van der Waals surface area contributed by atoms with E-state index in [0.717, 1.165) is 27.9 Å². The maximum Gasteiger partial charge on any atom is 0.165 e. The molecule has 1 atom stereocenters. The zero-order valence-corrected chi connectivity index (χ0v) is 16.4. The van der Waals surface area contributed by atoms with Gasteiger partial charge in [0.1, 0.15) is 5.82 Å². The topological polar surface area (TPSA) is 54.2 Å². The van der Waals surface area contributed by atoms with Gasteiger partial charge in [-0.3, -0.25) is 10.4 Å². The second-order valence-corrected chi connectivity index (χ2v) is 7.77. The fourth-order valence-corrected chi connectivity index (χ4v) is 4.29. The molecule has 2 aromatic heterocycles. The summed E-state index contributed by atoms with van der Waals surface area (Å²) >= 11 is 1.58. The predicted molar refractivity (Wildman–Crippen MR) is 118 cm³/mol. The van der Waals surface area contributed by atoms with Gasteiger partial charge >= 0.3 is 0 Å². The monoisotopic (exact) mass is 403 g/mol. The van der Waals surface area contributed by atoms with E-state index in [1.807, 2.05) is 23.7 Å². The van der Waals surface area contributed by atoms with Crippen LogP contribution in [0.5, 0.6) is 0 Å². The largest absolute Gasteiger partial charge is 0.355 e. The van der Waals surface area contributed by atoms with E-state index in [1.54, 1.807) is 30.1 Å². The molecular weight excluding hydrogens is 385 g/mol. The fourth-order valence-electron chi connectivity index (χ4n) is 3.50. The van der Waals surface area contributed by atoms with E-state index in [4.69, 9.17) is 0 Å². The molecule has 1 aliphatic rings. The Morgan fingerprint density at radius 2 is 1.97 bits per heavy atom. The van der Waals surface area contributed by atoms with Crippen LogP contribution in [0.4, 0.5) is 4.39 Å². The van der Waals surface area contributed by atoms with E-state index in [0.29, 0.717) is 0 Å². The number of hydrogen-bond acceptors (Lipinski definition) is 5. The van der Waals surface area contributed by atoms with E-state index >= 15 is 0 Å². The molecular formula is C22H18FN5S. The first-order valence-electron chi connectivity index (χ1n) is 9.19. The van der Waals surface area contributed by atoms with E-state index < -0.39 is 0 Å². The van der Waals surface area contributed by atoms with E-state index in [1.165, 1.54) is 23.0 Å². The molecule has 0 amide bonds. The molecule has 1 unspecified atom stereocenters. The highest BCUT2D eigenvalue weighted by Gasteiger charge is 2.16. The number of pyridine rings is 1. The lowest BCUT2D eigenvalue weighted by atomic mass is 10.2. The molecule has 0 spiro atoms. The van der Waals surface area contributed by atoms with Crippen molar-refractivity contribution >= 4 is 45.5 Å². The maximum absolute atomic E-state index is 13.1. The third-order valence-corrected chi connectivity index (χ3v) is 5.84. The minimum absolute atomic E-state index is 0.0902. The van der Waals surface area contributed by atoms with Crippen molar-refractivity contribution in [1.82, 2.24) is 20.3 Å². The average molecular weight is 403 g/mol. The number of nitrogens with zero attached hydrogens (tertiary/aromatic N) is 3. The summed E-state index contributed by atoms with van der Waals surface area (Å²) in [5.74, 6) is -0.241. The minimum atomic E-state index is -0.241. The number of thioether (sulfide) groups is 1. The van der Waals surface area contributed by atoms with Gasteiger partial charge in [0, 0.05) is 23.3 Å². The van der Waals surface area contributed by atoms with Crippen LogP contribution in [0.1, 0.15) is 11.3 Å². The summed E-state index contributed by atoms with van der Waals surface area (Å²) < 4.78 is 15.2. The standard InChI is InChI=1S/C22H18FN5S/c1-28-20-5-3-2-4-17(20)18-10-16(24-12-21(18)28)11-25-27-22-26-19(13-29-22)14-6-8-15(23)9-7-14/h2-13,22,26-27H,1H3. The lowest BCUT2D eigenvalue weighted by Crippen LogP contribution is -2.31. The van der Waals surface area contributed by atoms with Gasteiger partial charge in [-0.15, -0.1) is 0 Å². The van der Waals surface area contributed by atoms with Crippen molar-refractivity contribution in [3.8, 4) is 0 Å². The molecule has 0 radical (unpaired) electrons. The third kappa shape index (κ3) is 3.34. The van der Waals surface area contributed by atoms with Crippen LogP contribution in [0.2, 0.25) is 0 Å². The van der Waals surface area contributed by atoms with Gasteiger partial charge < -0.3 is 9.88 Å². The molecule has 144 valence electrons. The van der Waals surface area contributed by atoms with E-state index in [9.17, 15) is 4.39 Å². The number of para-hydroxylation sites is 1. The SMILES string of the molecule is Cn1c2ccccc2c2cc(C=NNC3NC(c4ccc(F)cc4)=CS3)ncc21. The van der Waals surface area contributed by atoms with Crippen molar-refractivity contribution in [3.63, 3.8) is 0 Å². The lowest BCUT2D eigenvalue weighted by Gasteiger charge is -2.12. The Labute approximate surface area is 171 Å². The smallest absolute Gasteiger partial charge is 0.165 e. The summed E-state index contributed by atoms with van der Waals surface area (Å²) in [5.41, 5.74) is 7.94. The number of halogens is 1. The van der Waals surface area contributed by atoms with Gasteiger partial charge in [-0.1, -0.05) is 30.0 Å². The highest BCUT2D eigenvalue weighted by atomic mass is 32.2. The minimum Gasteiger partial charge on any atom is -0.355 e. The van der Waals surface area contributed by atoms with Crippen molar-refractivity contribution in [1.29, 1.82) is 0 Å². The van der Waals surface area contributed by atoms with Gasteiger partial charge in [0.15, 0.2) is 5.50 Å². The van der Waals surface area contributed by atoms with Crippen molar-refractivity contribution < 1.29 is 4.39 Å². The number of hydrazone groups is 1. The van der Waals surface area contributed by atoms with E-state index in [-0.39, 0.29) is 11.3 Å². The normalized spacial score (nSPS) is 16.5. The van der Waals surface area contributed by atoms with Crippen LogP contribution in [0.15, 0.2) is 71.3 Å². The molecule has 7 heteroatoms. The van der Waals surface area contributed by atoms with Crippen LogP contribution in [0.25, 0.3) is 27.5 Å². The van der Waals surface area contributed by atoms with Crippen LogP contribution in [0, 0.1) is 5.82 Å². The van der Waals surface area contributed by atoms with Gasteiger partial charge in [0.2, 0.25) is 0 Å². The number of fused-ring (bicyclic) bond motifs is 3. The van der Waals surface area contributed by atoms with Gasteiger partial charge in [-0.05, 0) is 47.4 Å². The quantitative estimate of drug-likeness (QED) is 0.392. The van der Waals surface area contributed by atoms with Crippen molar-refractivity contribution in [2.24, 2.45) is 12.1 Å². The number of aryl methyl sites for hydroxylation is 1. The molecule has 2 aromatic carbocycles.